The minimum absolute atomic E-state index is 1.01. The van der Waals surface area contributed by atoms with Crippen LogP contribution < -0.4 is 0 Å². The average molecular weight is 97.2 g/mol. The fraction of sp³-hybridized carbons (Fsp3) is 1.00. The van der Waals surface area contributed by atoms with Gasteiger partial charge in [0.2, 0.25) is 0 Å². The van der Waals surface area contributed by atoms with Gasteiger partial charge in [-0.1, -0.05) is 0 Å². The van der Waals surface area contributed by atoms with Gasteiger partial charge in [-0.3, -0.25) is 0 Å². The third-order valence-electron chi connectivity index (χ3n) is 2.47. The Morgan fingerprint density at radius 2 is 2.29 bits per heavy atom. The van der Waals surface area contributed by atoms with Crippen molar-refractivity contribution in [1.82, 2.24) is 4.90 Å². The molecule has 1 unspecified atom stereocenters. The Morgan fingerprint density at radius 3 is 2.29 bits per heavy atom. The molecule has 0 spiro atoms. The molecule has 40 valence electrons. The SMILES string of the molecule is CN1C[C@@H]2CCC21. The second-order valence-corrected chi connectivity index (χ2v) is 2.84. The van der Waals surface area contributed by atoms with Gasteiger partial charge in [0, 0.05) is 12.6 Å². The van der Waals surface area contributed by atoms with Crippen LogP contribution in [0.1, 0.15) is 12.8 Å². The Bertz CT molecular complexity index is 86.2. The van der Waals surface area contributed by atoms with E-state index in [1.165, 1.54) is 19.4 Å². The highest BCUT2D eigenvalue weighted by molar-refractivity contribution is 4.97. The minimum Gasteiger partial charge on any atom is -0.303 e. The lowest BCUT2D eigenvalue weighted by molar-refractivity contribution is -0.0381. The molecule has 7 heavy (non-hydrogen) atoms. The molecule has 0 N–H and O–H groups in total. The molecule has 1 saturated heterocycles. The largest absolute Gasteiger partial charge is 0.303 e. The molecule has 0 amide bonds. The van der Waals surface area contributed by atoms with Gasteiger partial charge >= 0.3 is 0 Å². The summed E-state index contributed by atoms with van der Waals surface area (Å²) in [6.45, 7) is 1.38. The standard InChI is InChI=1S/C6H11N/c1-7-4-5-2-3-6(5)7/h5-6H,2-4H2,1H3/t5-,6?/m0/s1. The zero-order chi connectivity index (χ0) is 4.85. The van der Waals surface area contributed by atoms with Gasteiger partial charge in [-0.2, -0.15) is 0 Å². The second kappa shape index (κ2) is 1.03. The van der Waals surface area contributed by atoms with E-state index in [1.807, 2.05) is 0 Å². The molecule has 0 radical (unpaired) electrons. The highest BCUT2D eigenvalue weighted by Crippen LogP contribution is 2.39. The minimum atomic E-state index is 1.01. The summed E-state index contributed by atoms with van der Waals surface area (Å²) >= 11 is 0. The van der Waals surface area contributed by atoms with Crippen molar-refractivity contribution in [3.63, 3.8) is 0 Å². The van der Waals surface area contributed by atoms with E-state index in [1.54, 1.807) is 0 Å². The van der Waals surface area contributed by atoms with Crippen molar-refractivity contribution in [2.75, 3.05) is 13.6 Å². The van der Waals surface area contributed by atoms with Crippen molar-refractivity contribution in [2.24, 2.45) is 5.92 Å². The molecular formula is C6H11N. The first-order chi connectivity index (χ1) is 3.38. The van der Waals surface area contributed by atoms with Crippen LogP contribution in [0.25, 0.3) is 0 Å². The van der Waals surface area contributed by atoms with Crippen LogP contribution >= 0.6 is 0 Å². The van der Waals surface area contributed by atoms with Gasteiger partial charge in [-0.05, 0) is 25.8 Å². The number of nitrogens with zero attached hydrogens (tertiary/aromatic N) is 1. The molecule has 1 nitrogen and oxygen atoms in total. The molecule has 0 aromatic carbocycles. The summed E-state index contributed by atoms with van der Waals surface area (Å²) in [4.78, 5) is 2.45. The molecule has 1 saturated carbocycles. The van der Waals surface area contributed by atoms with Gasteiger partial charge in [0.25, 0.3) is 0 Å². The van der Waals surface area contributed by atoms with Crippen molar-refractivity contribution < 1.29 is 0 Å². The predicted octanol–water partition coefficient (Wildman–Crippen LogP) is 0.710. The smallest absolute Gasteiger partial charge is 0.0133 e. The number of fused-ring (bicyclic) bond motifs is 1. The molecule has 1 heteroatoms. The van der Waals surface area contributed by atoms with E-state index in [9.17, 15) is 0 Å². The first-order valence-electron chi connectivity index (χ1n) is 3.08. The van der Waals surface area contributed by atoms with Crippen LogP contribution in [0.4, 0.5) is 0 Å². The fourth-order valence-electron chi connectivity index (χ4n) is 1.71. The summed E-state index contributed by atoms with van der Waals surface area (Å²) in [6.07, 6.45) is 2.98. The first kappa shape index (κ1) is 3.90. The molecule has 2 atom stereocenters. The van der Waals surface area contributed by atoms with Crippen molar-refractivity contribution >= 4 is 0 Å². The molecule has 0 aromatic rings. The summed E-state index contributed by atoms with van der Waals surface area (Å²) in [6, 6.07) is 1.01. The van der Waals surface area contributed by atoms with Crippen molar-refractivity contribution in [2.45, 2.75) is 18.9 Å². The fourth-order valence-corrected chi connectivity index (χ4v) is 1.71. The highest BCUT2D eigenvalue weighted by Gasteiger charge is 2.42. The number of hydrogen-bond acceptors (Lipinski definition) is 1. The van der Waals surface area contributed by atoms with Gasteiger partial charge in [-0.25, -0.2) is 0 Å². The van der Waals surface area contributed by atoms with Crippen molar-refractivity contribution in [3.8, 4) is 0 Å². The molecule has 2 aliphatic rings. The molecule has 0 aromatic heterocycles. The van der Waals surface area contributed by atoms with Gasteiger partial charge < -0.3 is 4.90 Å². The third kappa shape index (κ3) is 0.325. The summed E-state index contributed by atoms with van der Waals surface area (Å²) < 4.78 is 0. The average Bonchev–Trinajstić information content (AvgIpc) is 1.59. The van der Waals surface area contributed by atoms with Crippen LogP contribution in [0.3, 0.4) is 0 Å². The van der Waals surface area contributed by atoms with Gasteiger partial charge in [0.1, 0.15) is 0 Å². The summed E-state index contributed by atoms with van der Waals surface area (Å²) in [7, 11) is 2.22. The van der Waals surface area contributed by atoms with Crippen molar-refractivity contribution in [3.05, 3.63) is 0 Å². The maximum absolute atomic E-state index is 2.45. The number of rotatable bonds is 0. The van der Waals surface area contributed by atoms with E-state index in [0.717, 1.165) is 12.0 Å². The maximum Gasteiger partial charge on any atom is 0.0133 e. The van der Waals surface area contributed by atoms with Crippen LogP contribution in [0.2, 0.25) is 0 Å². The molecule has 1 aliphatic carbocycles. The van der Waals surface area contributed by atoms with E-state index in [0.29, 0.717) is 0 Å². The molecule has 2 fully saturated rings. The quantitative estimate of drug-likeness (QED) is 0.430. The number of hydrogen-bond donors (Lipinski definition) is 0. The molecular weight excluding hydrogens is 86.1 g/mol. The van der Waals surface area contributed by atoms with Gasteiger partial charge in [-0.15, -0.1) is 0 Å². The Kier molecular flexibility index (Phi) is 0.571. The Morgan fingerprint density at radius 1 is 1.43 bits per heavy atom. The topological polar surface area (TPSA) is 3.24 Å². The van der Waals surface area contributed by atoms with Gasteiger partial charge in [0.15, 0.2) is 0 Å². The normalized spacial score (nSPS) is 49.3. The third-order valence-corrected chi connectivity index (χ3v) is 2.47. The van der Waals surface area contributed by atoms with Crippen LogP contribution in [-0.2, 0) is 0 Å². The Hall–Kier alpha value is -0.0400. The van der Waals surface area contributed by atoms with Crippen molar-refractivity contribution in [1.29, 1.82) is 0 Å². The lowest BCUT2D eigenvalue weighted by Crippen LogP contribution is -2.59. The summed E-state index contributed by atoms with van der Waals surface area (Å²) in [5.74, 6) is 1.12. The van der Waals surface area contributed by atoms with E-state index < -0.39 is 0 Å². The Labute approximate surface area is 44.3 Å². The zero-order valence-corrected chi connectivity index (χ0v) is 4.72. The number of piperidine rings is 1. The van der Waals surface area contributed by atoms with Crippen LogP contribution in [0, 0.1) is 5.92 Å². The monoisotopic (exact) mass is 97.1 g/mol. The second-order valence-electron chi connectivity index (χ2n) is 2.84. The van der Waals surface area contributed by atoms with E-state index in [-0.39, 0.29) is 0 Å². The molecule has 0 bridgehead atoms. The van der Waals surface area contributed by atoms with Crippen LogP contribution in [-0.4, -0.2) is 24.5 Å². The predicted molar refractivity (Wildman–Crippen MR) is 29.1 cm³/mol. The zero-order valence-electron chi connectivity index (χ0n) is 4.72. The first-order valence-corrected chi connectivity index (χ1v) is 3.08. The van der Waals surface area contributed by atoms with Gasteiger partial charge in [0.05, 0.1) is 0 Å². The lowest BCUT2D eigenvalue weighted by atomic mass is 9.72. The molecule has 1 aliphatic heterocycles. The van der Waals surface area contributed by atoms with Crippen LogP contribution in [0.5, 0.6) is 0 Å². The van der Waals surface area contributed by atoms with Crippen LogP contribution in [0.15, 0.2) is 0 Å². The molecule has 1 heterocycles. The Balaban J connectivity index is 1.99. The number of likely N-dealkylation sites (tertiary alicyclic amines) is 1. The highest BCUT2D eigenvalue weighted by atomic mass is 15.2. The van der Waals surface area contributed by atoms with E-state index >= 15 is 0 Å². The van der Waals surface area contributed by atoms with E-state index in [4.69, 9.17) is 0 Å². The summed E-state index contributed by atoms with van der Waals surface area (Å²) in [5, 5.41) is 0. The van der Waals surface area contributed by atoms with E-state index in [2.05, 4.69) is 11.9 Å². The maximum atomic E-state index is 2.45. The molecule has 2 rings (SSSR count). The lowest BCUT2D eigenvalue weighted by Gasteiger charge is -2.54. The summed E-state index contributed by atoms with van der Waals surface area (Å²) in [5.41, 5.74) is 0.